The van der Waals surface area contributed by atoms with Gasteiger partial charge in [0, 0.05) is 34.6 Å². The minimum Gasteiger partial charge on any atom is -0.343 e. The number of aromatic amines is 1. The molecule has 4 aromatic rings. The predicted octanol–water partition coefficient (Wildman–Crippen LogP) is 4.00. The molecule has 1 N–H and O–H groups in total. The number of pyridine rings is 1. The second-order valence-electron chi connectivity index (χ2n) is 5.16. The molecule has 3 heterocycles. The molecular formula is C18H14N4. The zero-order chi connectivity index (χ0) is 14.9. The third kappa shape index (κ3) is 2.05. The summed E-state index contributed by atoms with van der Waals surface area (Å²) in [4.78, 5) is 16.8. The maximum atomic E-state index is 4.74. The van der Waals surface area contributed by atoms with Gasteiger partial charge in [0.25, 0.3) is 0 Å². The van der Waals surface area contributed by atoms with E-state index < -0.39 is 0 Å². The highest BCUT2D eigenvalue weighted by Gasteiger charge is 2.14. The topological polar surface area (TPSA) is 54.5 Å². The van der Waals surface area contributed by atoms with Crippen LogP contribution in [0.2, 0.25) is 0 Å². The lowest BCUT2D eigenvalue weighted by atomic mass is 10.1. The normalized spacial score (nSPS) is 11.0. The van der Waals surface area contributed by atoms with Crippen molar-refractivity contribution in [1.29, 1.82) is 0 Å². The van der Waals surface area contributed by atoms with E-state index in [1.807, 2.05) is 43.3 Å². The fraction of sp³-hybridized carbons (Fsp3) is 0.0556. The molecule has 4 rings (SSSR count). The summed E-state index contributed by atoms with van der Waals surface area (Å²) in [6.45, 7) is 2.02. The number of hydrogen-bond donors (Lipinski definition) is 1. The van der Waals surface area contributed by atoms with E-state index in [9.17, 15) is 0 Å². The van der Waals surface area contributed by atoms with Gasteiger partial charge in [-0.05, 0) is 25.1 Å². The lowest BCUT2D eigenvalue weighted by Crippen LogP contribution is -1.92. The Morgan fingerprint density at radius 1 is 0.864 bits per heavy atom. The molecule has 0 unspecified atom stereocenters. The van der Waals surface area contributed by atoms with E-state index in [0.717, 1.165) is 39.4 Å². The molecule has 4 nitrogen and oxygen atoms in total. The van der Waals surface area contributed by atoms with Gasteiger partial charge in [0.05, 0.1) is 5.69 Å². The van der Waals surface area contributed by atoms with Crippen molar-refractivity contribution in [3.8, 4) is 22.6 Å². The minimum atomic E-state index is 0.720. The van der Waals surface area contributed by atoms with Gasteiger partial charge >= 0.3 is 0 Å². The number of nitrogens with one attached hydrogen (secondary N) is 1. The van der Waals surface area contributed by atoms with Crippen molar-refractivity contribution in [2.75, 3.05) is 0 Å². The second kappa shape index (κ2) is 5.07. The number of fused-ring (bicyclic) bond motifs is 1. The highest BCUT2D eigenvalue weighted by Crippen LogP contribution is 2.29. The monoisotopic (exact) mass is 286 g/mol. The first-order chi connectivity index (χ1) is 10.8. The van der Waals surface area contributed by atoms with Crippen LogP contribution in [0.25, 0.3) is 33.7 Å². The zero-order valence-corrected chi connectivity index (χ0v) is 12.1. The summed E-state index contributed by atoms with van der Waals surface area (Å²) < 4.78 is 0. The number of benzene rings is 1. The third-order valence-electron chi connectivity index (χ3n) is 3.71. The fourth-order valence-corrected chi connectivity index (χ4v) is 2.69. The van der Waals surface area contributed by atoms with Gasteiger partial charge in [-0.25, -0.2) is 15.0 Å². The molecular weight excluding hydrogens is 272 g/mol. The van der Waals surface area contributed by atoms with Gasteiger partial charge in [-0.1, -0.05) is 30.3 Å². The molecule has 3 aromatic heterocycles. The third-order valence-corrected chi connectivity index (χ3v) is 3.71. The first kappa shape index (κ1) is 12.7. The molecule has 106 valence electrons. The minimum absolute atomic E-state index is 0.720. The molecule has 0 aliphatic rings. The maximum absolute atomic E-state index is 4.74. The first-order valence-electron chi connectivity index (χ1n) is 7.15. The number of aromatic nitrogens is 4. The van der Waals surface area contributed by atoms with Crippen LogP contribution in [0, 0.1) is 6.92 Å². The summed E-state index contributed by atoms with van der Waals surface area (Å²) in [5.74, 6) is 0.720. The number of aryl methyl sites for hydroxylation is 1. The van der Waals surface area contributed by atoms with E-state index in [-0.39, 0.29) is 0 Å². The molecule has 0 fully saturated rings. The van der Waals surface area contributed by atoms with Crippen molar-refractivity contribution in [3.05, 3.63) is 66.6 Å². The molecule has 0 spiro atoms. The Kier molecular flexibility index (Phi) is 2.93. The first-order valence-corrected chi connectivity index (χ1v) is 7.15. The molecule has 0 saturated carbocycles. The summed E-state index contributed by atoms with van der Waals surface area (Å²) in [7, 11) is 0. The number of rotatable bonds is 2. The van der Waals surface area contributed by atoms with Crippen LogP contribution in [0.15, 0.2) is 60.9 Å². The van der Waals surface area contributed by atoms with E-state index in [1.165, 1.54) is 0 Å². The van der Waals surface area contributed by atoms with Crippen molar-refractivity contribution >= 4 is 11.0 Å². The Morgan fingerprint density at radius 2 is 1.73 bits per heavy atom. The Hall–Kier alpha value is -3.01. The van der Waals surface area contributed by atoms with Crippen LogP contribution in [0.3, 0.4) is 0 Å². The van der Waals surface area contributed by atoms with E-state index in [4.69, 9.17) is 4.98 Å². The van der Waals surface area contributed by atoms with Gasteiger partial charge < -0.3 is 4.98 Å². The van der Waals surface area contributed by atoms with Crippen LogP contribution >= 0.6 is 0 Å². The lowest BCUT2D eigenvalue weighted by Gasteiger charge is -2.04. The Morgan fingerprint density at radius 3 is 2.59 bits per heavy atom. The SMILES string of the molecule is Cc1[nH]c2ncccc2c1-c1nccc(-c2ccccc2)n1. The maximum Gasteiger partial charge on any atom is 0.162 e. The van der Waals surface area contributed by atoms with Gasteiger partial charge in [-0.15, -0.1) is 0 Å². The van der Waals surface area contributed by atoms with E-state index in [0.29, 0.717) is 0 Å². The lowest BCUT2D eigenvalue weighted by molar-refractivity contribution is 1.17. The van der Waals surface area contributed by atoms with Gasteiger partial charge in [0.1, 0.15) is 5.65 Å². The molecule has 0 saturated heterocycles. The van der Waals surface area contributed by atoms with Crippen LogP contribution in [-0.2, 0) is 0 Å². The summed E-state index contributed by atoms with van der Waals surface area (Å²) >= 11 is 0. The Balaban J connectivity index is 1.91. The summed E-state index contributed by atoms with van der Waals surface area (Å²) in [5.41, 5.74) is 4.91. The van der Waals surface area contributed by atoms with Crippen LogP contribution in [0.5, 0.6) is 0 Å². The molecule has 0 atom stereocenters. The second-order valence-corrected chi connectivity index (χ2v) is 5.16. The van der Waals surface area contributed by atoms with Gasteiger partial charge in [-0.2, -0.15) is 0 Å². The van der Waals surface area contributed by atoms with Crippen LogP contribution in [0.4, 0.5) is 0 Å². The van der Waals surface area contributed by atoms with Crippen molar-refractivity contribution in [1.82, 2.24) is 19.9 Å². The highest BCUT2D eigenvalue weighted by molar-refractivity contribution is 5.93. The molecule has 4 heteroatoms. The fourth-order valence-electron chi connectivity index (χ4n) is 2.69. The highest BCUT2D eigenvalue weighted by atomic mass is 14.9. The quantitative estimate of drug-likeness (QED) is 0.606. The number of nitrogens with zero attached hydrogens (tertiary/aromatic N) is 3. The summed E-state index contributed by atoms with van der Waals surface area (Å²) in [5, 5.41) is 1.05. The molecule has 0 bridgehead atoms. The Labute approximate surface area is 127 Å². The Bertz CT molecular complexity index is 942. The van der Waals surface area contributed by atoms with E-state index in [1.54, 1.807) is 12.4 Å². The van der Waals surface area contributed by atoms with E-state index >= 15 is 0 Å². The van der Waals surface area contributed by atoms with Crippen molar-refractivity contribution in [2.24, 2.45) is 0 Å². The van der Waals surface area contributed by atoms with Crippen LogP contribution in [0.1, 0.15) is 5.69 Å². The molecule has 0 aliphatic heterocycles. The van der Waals surface area contributed by atoms with E-state index in [2.05, 4.69) is 27.1 Å². The van der Waals surface area contributed by atoms with Crippen molar-refractivity contribution in [2.45, 2.75) is 6.92 Å². The predicted molar refractivity (Wildman–Crippen MR) is 87.3 cm³/mol. The molecule has 0 amide bonds. The van der Waals surface area contributed by atoms with Crippen molar-refractivity contribution < 1.29 is 0 Å². The average Bonchev–Trinajstić information content (AvgIpc) is 2.91. The summed E-state index contributed by atoms with van der Waals surface area (Å²) in [6.07, 6.45) is 3.59. The molecule has 1 aromatic carbocycles. The molecule has 22 heavy (non-hydrogen) atoms. The number of H-pyrrole nitrogens is 1. The summed E-state index contributed by atoms with van der Waals surface area (Å²) in [6, 6.07) is 16.0. The van der Waals surface area contributed by atoms with Crippen molar-refractivity contribution in [3.63, 3.8) is 0 Å². The number of hydrogen-bond acceptors (Lipinski definition) is 3. The van der Waals surface area contributed by atoms with Gasteiger partial charge in [-0.3, -0.25) is 0 Å². The largest absolute Gasteiger partial charge is 0.343 e. The molecule has 0 radical (unpaired) electrons. The molecule has 0 aliphatic carbocycles. The van der Waals surface area contributed by atoms with Gasteiger partial charge in [0.15, 0.2) is 5.82 Å². The standard InChI is InChI=1S/C18H14N4/c1-12-16(14-8-5-10-19-17(14)21-12)18-20-11-9-15(22-18)13-6-3-2-4-7-13/h2-11H,1H3,(H,19,21). The van der Waals surface area contributed by atoms with Crippen LogP contribution < -0.4 is 0 Å². The van der Waals surface area contributed by atoms with Gasteiger partial charge in [0.2, 0.25) is 0 Å². The van der Waals surface area contributed by atoms with Crippen LogP contribution in [-0.4, -0.2) is 19.9 Å². The average molecular weight is 286 g/mol. The smallest absolute Gasteiger partial charge is 0.162 e. The zero-order valence-electron chi connectivity index (χ0n) is 12.1.